The molecule has 5 heteroatoms. The first-order valence-electron chi connectivity index (χ1n) is 16.1. The van der Waals surface area contributed by atoms with Crippen molar-refractivity contribution in [2.24, 2.45) is 0 Å². The van der Waals surface area contributed by atoms with Gasteiger partial charge in [-0.15, -0.1) is 0 Å². The zero-order valence-corrected chi connectivity index (χ0v) is 28.1. The molecule has 7 rings (SSSR count). The minimum atomic E-state index is -0.127. The highest BCUT2D eigenvalue weighted by molar-refractivity contribution is 5.92. The molecule has 5 nitrogen and oxygen atoms in total. The number of ether oxygens (including phenoxy) is 2. The van der Waals surface area contributed by atoms with Gasteiger partial charge in [0.05, 0.1) is 25.6 Å². The predicted octanol–water partition coefficient (Wildman–Crippen LogP) is 10.8. The van der Waals surface area contributed by atoms with E-state index >= 15 is 0 Å². The summed E-state index contributed by atoms with van der Waals surface area (Å²) in [4.78, 5) is 1.91. The lowest BCUT2D eigenvalue weighted by Crippen LogP contribution is -2.15. The Labute approximate surface area is 282 Å². The first kappa shape index (κ1) is 30.9. The summed E-state index contributed by atoms with van der Waals surface area (Å²) in [7, 11) is 3.26. The van der Waals surface area contributed by atoms with Crippen LogP contribution in [0.15, 0.2) is 115 Å². The van der Waals surface area contributed by atoms with E-state index in [1.807, 2.05) is 42.2 Å². The molecular formula is C43H39NO4. The van der Waals surface area contributed by atoms with E-state index in [2.05, 4.69) is 86.6 Å². The van der Waals surface area contributed by atoms with Gasteiger partial charge < -0.3 is 24.6 Å². The second kappa shape index (κ2) is 11.8. The molecule has 0 atom stereocenters. The van der Waals surface area contributed by atoms with E-state index in [1.165, 1.54) is 22.3 Å². The SMILES string of the molecule is COc1cc(N(c2ccc(-c3ccc4c(c3)C(C)(C)c3ccccc3-4)c(-c3ccccc3)c2)c2cc(O)c(C)cc2O)c(OC)cc1C. The van der Waals surface area contributed by atoms with Gasteiger partial charge in [-0.2, -0.15) is 0 Å². The number of methoxy groups -OCH3 is 2. The van der Waals surface area contributed by atoms with Gasteiger partial charge in [-0.1, -0.05) is 86.6 Å². The number of phenolic OH excluding ortho intramolecular Hbond substituents is 2. The quantitative estimate of drug-likeness (QED) is 0.171. The summed E-state index contributed by atoms with van der Waals surface area (Å²) >= 11 is 0. The molecule has 0 unspecified atom stereocenters. The first-order chi connectivity index (χ1) is 23.1. The van der Waals surface area contributed by atoms with Crippen LogP contribution >= 0.6 is 0 Å². The molecule has 6 aromatic rings. The molecule has 6 aromatic carbocycles. The highest BCUT2D eigenvalue weighted by Crippen LogP contribution is 2.52. The summed E-state index contributed by atoms with van der Waals surface area (Å²) in [6.07, 6.45) is 0. The van der Waals surface area contributed by atoms with Crippen LogP contribution in [-0.2, 0) is 5.41 Å². The molecule has 0 spiro atoms. The Morgan fingerprint density at radius 1 is 0.521 bits per heavy atom. The third kappa shape index (κ3) is 5.03. The van der Waals surface area contributed by atoms with Gasteiger partial charge >= 0.3 is 0 Å². The van der Waals surface area contributed by atoms with E-state index in [0.717, 1.165) is 33.5 Å². The van der Waals surface area contributed by atoms with Crippen LogP contribution in [0.1, 0.15) is 36.1 Å². The van der Waals surface area contributed by atoms with Crippen LogP contribution in [0.4, 0.5) is 17.1 Å². The Kier molecular flexibility index (Phi) is 7.63. The molecule has 0 saturated heterocycles. The van der Waals surface area contributed by atoms with Crippen molar-refractivity contribution < 1.29 is 19.7 Å². The van der Waals surface area contributed by atoms with Crippen LogP contribution < -0.4 is 14.4 Å². The minimum absolute atomic E-state index is 0.0256. The predicted molar refractivity (Wildman–Crippen MR) is 195 cm³/mol. The molecule has 0 saturated carbocycles. The Bertz CT molecular complexity index is 2180. The van der Waals surface area contributed by atoms with E-state index < -0.39 is 0 Å². The van der Waals surface area contributed by atoms with Gasteiger partial charge in [0.2, 0.25) is 0 Å². The van der Waals surface area contributed by atoms with E-state index in [0.29, 0.717) is 28.4 Å². The summed E-state index contributed by atoms with van der Waals surface area (Å²) < 4.78 is 11.6. The third-order valence-electron chi connectivity index (χ3n) is 9.71. The standard InChI is InChI=1S/C43H39NO4/c1-26-20-40(46)37(24-39(26)45)44(38-25-41(47-5)27(2)21-42(38)48-6)30-17-19-31(34(23-30)28-12-8-7-9-13-28)29-16-18-33-32-14-10-11-15-35(32)43(3,4)36(33)22-29/h7-25,45-46H,1-6H3. The van der Waals surface area contributed by atoms with Crippen LogP contribution in [-0.4, -0.2) is 24.4 Å². The molecule has 0 heterocycles. The maximum atomic E-state index is 11.4. The number of anilines is 3. The lowest BCUT2D eigenvalue weighted by atomic mass is 9.81. The number of phenols is 2. The van der Waals surface area contributed by atoms with Gasteiger partial charge in [0, 0.05) is 23.2 Å². The molecule has 0 fully saturated rings. The minimum Gasteiger partial charge on any atom is -0.508 e. The highest BCUT2D eigenvalue weighted by Gasteiger charge is 2.35. The van der Waals surface area contributed by atoms with Gasteiger partial charge in [-0.25, -0.2) is 0 Å². The van der Waals surface area contributed by atoms with E-state index in [9.17, 15) is 10.2 Å². The number of fused-ring (bicyclic) bond motifs is 3. The van der Waals surface area contributed by atoms with Crippen LogP contribution in [0, 0.1) is 13.8 Å². The van der Waals surface area contributed by atoms with Crippen LogP contribution in [0.5, 0.6) is 23.0 Å². The normalized spacial score (nSPS) is 12.7. The molecule has 0 amide bonds. The molecule has 0 aromatic heterocycles. The molecule has 0 aliphatic heterocycles. The van der Waals surface area contributed by atoms with Gasteiger partial charge in [0.1, 0.15) is 23.0 Å². The second-order valence-electron chi connectivity index (χ2n) is 13.0. The number of aryl methyl sites for hydroxylation is 2. The fourth-order valence-electron chi connectivity index (χ4n) is 7.12. The smallest absolute Gasteiger partial charge is 0.143 e. The van der Waals surface area contributed by atoms with Gasteiger partial charge in [0.15, 0.2) is 0 Å². The summed E-state index contributed by atoms with van der Waals surface area (Å²) in [6.45, 7) is 8.32. The zero-order chi connectivity index (χ0) is 33.7. The molecule has 1 aliphatic rings. The Morgan fingerprint density at radius 3 is 1.96 bits per heavy atom. The highest BCUT2D eigenvalue weighted by atomic mass is 16.5. The number of rotatable bonds is 7. The number of nitrogens with zero attached hydrogens (tertiary/aromatic N) is 1. The number of hydrogen-bond donors (Lipinski definition) is 2. The monoisotopic (exact) mass is 633 g/mol. The Hall–Kier alpha value is -5.68. The molecule has 0 radical (unpaired) electrons. The van der Waals surface area contributed by atoms with Crippen LogP contribution in [0.25, 0.3) is 33.4 Å². The maximum Gasteiger partial charge on any atom is 0.143 e. The summed E-state index contributed by atoms with van der Waals surface area (Å²) in [5.74, 6) is 1.37. The topological polar surface area (TPSA) is 62.2 Å². The Morgan fingerprint density at radius 2 is 1.21 bits per heavy atom. The molecule has 240 valence electrons. The van der Waals surface area contributed by atoms with E-state index in [-0.39, 0.29) is 16.9 Å². The van der Waals surface area contributed by atoms with Crippen LogP contribution in [0.3, 0.4) is 0 Å². The molecule has 1 aliphatic carbocycles. The second-order valence-corrected chi connectivity index (χ2v) is 13.0. The van der Waals surface area contributed by atoms with Gasteiger partial charge in [0.25, 0.3) is 0 Å². The Balaban J connectivity index is 1.47. The molecule has 0 bridgehead atoms. The van der Waals surface area contributed by atoms with Crippen molar-refractivity contribution in [3.05, 3.63) is 138 Å². The first-order valence-corrected chi connectivity index (χ1v) is 16.1. The molecular weight excluding hydrogens is 594 g/mol. The largest absolute Gasteiger partial charge is 0.508 e. The lowest BCUT2D eigenvalue weighted by molar-refractivity contribution is 0.401. The maximum absolute atomic E-state index is 11.4. The van der Waals surface area contributed by atoms with Crippen molar-refractivity contribution >= 4 is 17.1 Å². The fourth-order valence-corrected chi connectivity index (χ4v) is 7.12. The summed E-state index contributed by atoms with van der Waals surface area (Å²) in [5, 5.41) is 22.2. The lowest BCUT2D eigenvalue weighted by Gasteiger charge is -2.29. The summed E-state index contributed by atoms with van der Waals surface area (Å²) in [6, 6.07) is 39.2. The summed E-state index contributed by atoms with van der Waals surface area (Å²) in [5.41, 5.74) is 12.7. The van der Waals surface area contributed by atoms with Crippen molar-refractivity contribution in [1.29, 1.82) is 0 Å². The number of benzene rings is 6. The van der Waals surface area contributed by atoms with E-state index in [1.54, 1.807) is 33.3 Å². The average Bonchev–Trinajstić information content (AvgIpc) is 3.33. The van der Waals surface area contributed by atoms with Gasteiger partial charge in [-0.3, -0.25) is 0 Å². The zero-order valence-electron chi connectivity index (χ0n) is 28.1. The van der Waals surface area contributed by atoms with Crippen molar-refractivity contribution in [1.82, 2.24) is 0 Å². The van der Waals surface area contributed by atoms with Crippen molar-refractivity contribution in [2.75, 3.05) is 19.1 Å². The van der Waals surface area contributed by atoms with Crippen LogP contribution in [0.2, 0.25) is 0 Å². The third-order valence-corrected chi connectivity index (χ3v) is 9.71. The van der Waals surface area contributed by atoms with Crippen molar-refractivity contribution in [3.8, 4) is 56.4 Å². The van der Waals surface area contributed by atoms with Crippen molar-refractivity contribution in [3.63, 3.8) is 0 Å². The van der Waals surface area contributed by atoms with Gasteiger partial charge in [-0.05, 0) is 99.8 Å². The number of hydrogen-bond acceptors (Lipinski definition) is 5. The molecule has 48 heavy (non-hydrogen) atoms. The van der Waals surface area contributed by atoms with E-state index in [4.69, 9.17) is 9.47 Å². The fraction of sp³-hybridized carbons (Fsp3) is 0.163. The molecule has 2 N–H and O–H groups in total. The average molecular weight is 634 g/mol. The van der Waals surface area contributed by atoms with Crippen molar-refractivity contribution in [2.45, 2.75) is 33.1 Å². The number of aromatic hydroxyl groups is 2.